The zero-order valence-electron chi connectivity index (χ0n) is 15.9. The zero-order valence-corrected chi connectivity index (χ0v) is 16.7. The van der Waals surface area contributed by atoms with E-state index in [2.05, 4.69) is 10.6 Å². The van der Waals surface area contributed by atoms with E-state index in [9.17, 15) is 14.4 Å². The van der Waals surface area contributed by atoms with Gasteiger partial charge in [0.25, 0.3) is 0 Å². The number of Topliss-reactive ketones (excluding diaryl/α,β-unsaturated/α-hetero) is 1. The molecule has 0 fully saturated rings. The number of rotatable bonds is 8. The van der Waals surface area contributed by atoms with Crippen LogP contribution in [0.1, 0.15) is 58.0 Å². The maximum Gasteiger partial charge on any atom is 0.341 e. The van der Waals surface area contributed by atoms with Crippen molar-refractivity contribution in [3.05, 3.63) is 51.9 Å². The molecule has 7 heteroatoms. The van der Waals surface area contributed by atoms with Gasteiger partial charge in [-0.25, -0.2) is 4.79 Å². The molecule has 1 amide bonds. The third-order valence-electron chi connectivity index (χ3n) is 4.07. The molecule has 2 aromatic rings. The average Bonchev–Trinajstić information content (AvgIpc) is 2.97. The lowest BCUT2D eigenvalue weighted by molar-refractivity contribution is -0.115. The number of esters is 1. The van der Waals surface area contributed by atoms with E-state index >= 15 is 0 Å². The van der Waals surface area contributed by atoms with Crippen molar-refractivity contribution < 1.29 is 19.1 Å². The number of carbonyl (C=O) groups is 3. The number of amides is 1. The Balaban J connectivity index is 2.11. The zero-order chi connectivity index (χ0) is 20.0. The summed E-state index contributed by atoms with van der Waals surface area (Å²) in [5.74, 6) is -0.987. The van der Waals surface area contributed by atoms with Crippen molar-refractivity contribution in [1.82, 2.24) is 5.32 Å². The van der Waals surface area contributed by atoms with Crippen molar-refractivity contribution in [3.8, 4) is 0 Å². The first kappa shape index (κ1) is 20.8. The van der Waals surface area contributed by atoms with Crippen LogP contribution in [0.25, 0.3) is 0 Å². The Labute approximate surface area is 162 Å². The fraction of sp³-hybridized carbons (Fsp3) is 0.350. The maximum atomic E-state index is 12.4. The van der Waals surface area contributed by atoms with Gasteiger partial charge in [0, 0.05) is 6.04 Å². The van der Waals surface area contributed by atoms with Gasteiger partial charge in [0.15, 0.2) is 5.78 Å². The number of ketones is 1. The van der Waals surface area contributed by atoms with Gasteiger partial charge in [0.05, 0.1) is 23.6 Å². The van der Waals surface area contributed by atoms with Crippen molar-refractivity contribution in [1.29, 1.82) is 0 Å². The van der Waals surface area contributed by atoms with Gasteiger partial charge in [-0.1, -0.05) is 30.3 Å². The molecule has 27 heavy (non-hydrogen) atoms. The average molecular weight is 388 g/mol. The van der Waals surface area contributed by atoms with E-state index in [-0.39, 0.29) is 36.4 Å². The highest BCUT2D eigenvalue weighted by Crippen LogP contribution is 2.34. The van der Waals surface area contributed by atoms with E-state index < -0.39 is 5.97 Å². The molecule has 0 saturated carbocycles. The van der Waals surface area contributed by atoms with Crippen molar-refractivity contribution in [2.24, 2.45) is 0 Å². The third-order valence-corrected chi connectivity index (χ3v) is 5.38. The highest BCUT2D eigenvalue weighted by molar-refractivity contribution is 7.18. The number of thiophene rings is 1. The number of hydrogen-bond donors (Lipinski definition) is 2. The lowest BCUT2D eigenvalue weighted by Gasteiger charge is -2.14. The Morgan fingerprint density at radius 3 is 2.44 bits per heavy atom. The third kappa shape index (κ3) is 5.24. The minimum atomic E-state index is -0.542. The Hall–Kier alpha value is -2.51. The molecule has 0 aliphatic carbocycles. The number of benzene rings is 1. The number of nitrogens with one attached hydrogen (secondary N) is 2. The van der Waals surface area contributed by atoms with Crippen LogP contribution >= 0.6 is 11.3 Å². The van der Waals surface area contributed by atoms with Crippen molar-refractivity contribution in [2.75, 3.05) is 18.5 Å². The highest BCUT2D eigenvalue weighted by atomic mass is 32.1. The molecule has 2 N–H and O–H groups in total. The molecule has 1 aromatic heterocycles. The van der Waals surface area contributed by atoms with Crippen LogP contribution in [0.4, 0.5) is 5.00 Å². The van der Waals surface area contributed by atoms with Crippen LogP contribution in [0.2, 0.25) is 0 Å². The van der Waals surface area contributed by atoms with E-state index in [0.29, 0.717) is 15.4 Å². The first-order valence-corrected chi connectivity index (χ1v) is 9.56. The van der Waals surface area contributed by atoms with Gasteiger partial charge in [-0.15, -0.1) is 11.3 Å². The number of ether oxygens (including phenoxy) is 1. The highest BCUT2D eigenvalue weighted by Gasteiger charge is 2.25. The Kier molecular flexibility index (Phi) is 7.27. The van der Waals surface area contributed by atoms with Crippen LogP contribution in [0.3, 0.4) is 0 Å². The summed E-state index contributed by atoms with van der Waals surface area (Å²) in [6, 6.07) is 9.78. The van der Waals surface area contributed by atoms with E-state index in [1.165, 1.54) is 6.92 Å². The predicted octanol–water partition coefficient (Wildman–Crippen LogP) is 3.73. The van der Waals surface area contributed by atoms with Gasteiger partial charge >= 0.3 is 5.97 Å². The molecule has 1 aromatic carbocycles. The summed E-state index contributed by atoms with van der Waals surface area (Å²) >= 11 is 1.10. The molecule has 0 saturated heterocycles. The molecule has 6 nitrogen and oxygen atoms in total. The SMILES string of the molecule is CCOC(=O)c1c(NC(=O)CN[C@@H](C)c2ccccc2)sc(C(C)=O)c1C. The van der Waals surface area contributed by atoms with Crippen LogP contribution in [-0.2, 0) is 9.53 Å². The maximum absolute atomic E-state index is 12.4. The topological polar surface area (TPSA) is 84.5 Å². The van der Waals surface area contributed by atoms with E-state index in [4.69, 9.17) is 4.74 Å². The number of hydrogen-bond acceptors (Lipinski definition) is 6. The van der Waals surface area contributed by atoms with Gasteiger partial charge in [0.1, 0.15) is 5.00 Å². The molecule has 2 rings (SSSR count). The van der Waals surface area contributed by atoms with Crippen LogP contribution < -0.4 is 10.6 Å². The second-order valence-corrected chi connectivity index (χ2v) is 7.12. The molecule has 0 radical (unpaired) electrons. The van der Waals surface area contributed by atoms with Crippen LogP contribution in [0.15, 0.2) is 30.3 Å². The second-order valence-electron chi connectivity index (χ2n) is 6.10. The quantitative estimate of drug-likeness (QED) is 0.532. The van der Waals surface area contributed by atoms with Gasteiger partial charge in [-0.05, 0) is 38.8 Å². The van der Waals surface area contributed by atoms with Gasteiger partial charge in [-0.2, -0.15) is 0 Å². The lowest BCUT2D eigenvalue weighted by Crippen LogP contribution is -2.30. The largest absolute Gasteiger partial charge is 0.462 e. The summed E-state index contributed by atoms with van der Waals surface area (Å²) in [4.78, 5) is 36.9. The molecule has 144 valence electrons. The predicted molar refractivity (Wildman–Crippen MR) is 107 cm³/mol. The molecule has 0 bridgehead atoms. The fourth-order valence-corrected chi connectivity index (χ4v) is 3.77. The smallest absolute Gasteiger partial charge is 0.341 e. The molecular weight excluding hydrogens is 364 g/mol. The minimum Gasteiger partial charge on any atom is -0.462 e. The summed E-state index contributed by atoms with van der Waals surface area (Å²) in [7, 11) is 0. The first-order valence-electron chi connectivity index (χ1n) is 8.74. The van der Waals surface area contributed by atoms with Crippen molar-refractivity contribution >= 4 is 34.0 Å². The van der Waals surface area contributed by atoms with E-state index in [1.54, 1.807) is 13.8 Å². The molecule has 0 spiro atoms. The summed E-state index contributed by atoms with van der Waals surface area (Å²) in [5.41, 5.74) is 1.85. The molecule has 0 aliphatic rings. The van der Waals surface area contributed by atoms with Crippen LogP contribution in [0.5, 0.6) is 0 Å². The number of carbonyl (C=O) groups excluding carboxylic acids is 3. The lowest BCUT2D eigenvalue weighted by atomic mass is 10.1. The summed E-state index contributed by atoms with van der Waals surface area (Å²) in [6.07, 6.45) is 0. The minimum absolute atomic E-state index is 0.000621. The molecule has 0 aliphatic heterocycles. The summed E-state index contributed by atoms with van der Waals surface area (Å²) in [6.45, 7) is 7.08. The molecule has 1 heterocycles. The van der Waals surface area contributed by atoms with Crippen molar-refractivity contribution in [3.63, 3.8) is 0 Å². The fourth-order valence-electron chi connectivity index (χ4n) is 2.66. The van der Waals surface area contributed by atoms with Gasteiger partial charge in [-0.3, -0.25) is 9.59 Å². The first-order chi connectivity index (χ1) is 12.8. The van der Waals surface area contributed by atoms with Gasteiger partial charge < -0.3 is 15.4 Å². The Morgan fingerprint density at radius 2 is 1.85 bits per heavy atom. The number of anilines is 1. The van der Waals surface area contributed by atoms with Crippen molar-refractivity contribution in [2.45, 2.75) is 33.7 Å². The molecule has 1 atom stereocenters. The summed E-state index contributed by atoms with van der Waals surface area (Å²) in [5, 5.41) is 6.23. The Morgan fingerprint density at radius 1 is 1.19 bits per heavy atom. The van der Waals surface area contributed by atoms with Crippen LogP contribution in [-0.4, -0.2) is 30.8 Å². The van der Waals surface area contributed by atoms with E-state index in [1.807, 2.05) is 37.3 Å². The Bertz CT molecular complexity index is 830. The normalized spacial score (nSPS) is 11.7. The van der Waals surface area contributed by atoms with Gasteiger partial charge in [0.2, 0.25) is 5.91 Å². The molecular formula is C20H24N2O4S. The standard InChI is InChI=1S/C20H24N2O4S/c1-5-26-20(25)17-12(2)18(14(4)23)27-19(17)22-16(24)11-21-13(3)15-9-7-6-8-10-15/h6-10,13,21H,5,11H2,1-4H3,(H,22,24)/t13-/m0/s1. The summed E-state index contributed by atoms with van der Waals surface area (Å²) < 4.78 is 5.07. The monoisotopic (exact) mass is 388 g/mol. The van der Waals surface area contributed by atoms with Crippen LogP contribution in [0, 0.1) is 6.92 Å². The second kappa shape index (κ2) is 9.43. The van der Waals surface area contributed by atoms with E-state index in [0.717, 1.165) is 16.9 Å². The molecule has 0 unspecified atom stereocenters.